The van der Waals surface area contributed by atoms with Crippen molar-refractivity contribution in [2.45, 2.75) is 96.4 Å². The average molecular weight is 466 g/mol. The third kappa shape index (κ3) is 10.5. The van der Waals surface area contributed by atoms with Crippen molar-refractivity contribution in [1.29, 1.82) is 0 Å². The van der Waals surface area contributed by atoms with Crippen LogP contribution in [0.1, 0.15) is 111 Å². The van der Waals surface area contributed by atoms with Crippen molar-refractivity contribution in [3.8, 4) is 0 Å². The van der Waals surface area contributed by atoms with Crippen LogP contribution in [0.5, 0.6) is 0 Å². The molecule has 5 heteroatoms. The monoisotopic (exact) mass is 465 g/mol. The van der Waals surface area contributed by atoms with Gasteiger partial charge in [0.15, 0.2) is 5.82 Å². The second-order valence-corrected chi connectivity index (χ2v) is 9.14. The fourth-order valence-electron chi connectivity index (χ4n) is 4.10. The first kappa shape index (κ1) is 27.6. The molecule has 0 aliphatic carbocycles. The highest BCUT2D eigenvalue weighted by Crippen LogP contribution is 2.13. The summed E-state index contributed by atoms with van der Waals surface area (Å²) >= 11 is 0. The zero-order chi connectivity index (χ0) is 24.4. The van der Waals surface area contributed by atoms with Crippen LogP contribution < -0.4 is 5.32 Å². The van der Waals surface area contributed by atoms with E-state index in [1.807, 2.05) is 18.2 Å². The van der Waals surface area contributed by atoms with Crippen LogP contribution in [0.15, 0.2) is 54.9 Å². The third-order valence-electron chi connectivity index (χ3n) is 6.20. The number of aryl methyl sites for hydroxylation is 1. The SMILES string of the molecule is CCCCCCCC/C=C/CCCCCCC(NC(=O)c1ccccc1)C(=O)c1nccn1C. The number of Topliss-reactive ketones (excluding diaryl/α,β-unsaturated/α-hetero) is 1. The third-order valence-corrected chi connectivity index (χ3v) is 6.20. The van der Waals surface area contributed by atoms with Gasteiger partial charge in [-0.3, -0.25) is 9.59 Å². The first-order chi connectivity index (χ1) is 16.6. The smallest absolute Gasteiger partial charge is 0.251 e. The molecule has 1 N–H and O–H groups in total. The molecule has 0 bridgehead atoms. The molecule has 1 aromatic heterocycles. The molecule has 1 amide bonds. The van der Waals surface area contributed by atoms with Gasteiger partial charge in [-0.15, -0.1) is 0 Å². The van der Waals surface area contributed by atoms with E-state index in [0.717, 1.165) is 25.7 Å². The first-order valence-corrected chi connectivity index (χ1v) is 13.2. The van der Waals surface area contributed by atoms with Gasteiger partial charge in [-0.2, -0.15) is 0 Å². The molecule has 34 heavy (non-hydrogen) atoms. The van der Waals surface area contributed by atoms with Crippen molar-refractivity contribution in [3.63, 3.8) is 0 Å². The molecule has 0 aliphatic rings. The summed E-state index contributed by atoms with van der Waals surface area (Å²) in [6.45, 7) is 2.26. The zero-order valence-electron chi connectivity index (χ0n) is 21.2. The van der Waals surface area contributed by atoms with Crippen LogP contribution in [0.3, 0.4) is 0 Å². The summed E-state index contributed by atoms with van der Waals surface area (Å²) in [6.07, 6.45) is 23.3. The predicted octanol–water partition coefficient (Wildman–Crippen LogP) is 7.05. The Balaban J connectivity index is 1.69. The molecule has 2 rings (SSSR count). The maximum atomic E-state index is 13.1. The van der Waals surface area contributed by atoms with Gasteiger partial charge in [0.1, 0.15) is 0 Å². The Morgan fingerprint density at radius 2 is 1.53 bits per heavy atom. The molecule has 1 aromatic carbocycles. The second kappa shape index (κ2) is 16.9. The van der Waals surface area contributed by atoms with Gasteiger partial charge in [0.25, 0.3) is 5.91 Å². The number of rotatable bonds is 18. The van der Waals surface area contributed by atoms with E-state index >= 15 is 0 Å². The highest BCUT2D eigenvalue weighted by atomic mass is 16.2. The van der Waals surface area contributed by atoms with Crippen molar-refractivity contribution in [2.24, 2.45) is 7.05 Å². The van der Waals surface area contributed by atoms with Crippen LogP contribution >= 0.6 is 0 Å². The van der Waals surface area contributed by atoms with Crippen LogP contribution in [0.4, 0.5) is 0 Å². The molecule has 1 unspecified atom stereocenters. The molecular formula is C29H43N3O2. The van der Waals surface area contributed by atoms with Gasteiger partial charge in [0, 0.05) is 25.0 Å². The van der Waals surface area contributed by atoms with Crippen molar-refractivity contribution in [2.75, 3.05) is 0 Å². The molecular weight excluding hydrogens is 422 g/mol. The maximum Gasteiger partial charge on any atom is 0.251 e. The number of unbranched alkanes of at least 4 members (excludes halogenated alkanes) is 10. The van der Waals surface area contributed by atoms with Gasteiger partial charge in [0.05, 0.1) is 6.04 Å². The van der Waals surface area contributed by atoms with E-state index in [4.69, 9.17) is 0 Å². The van der Waals surface area contributed by atoms with Crippen LogP contribution in [-0.4, -0.2) is 27.3 Å². The van der Waals surface area contributed by atoms with Crippen LogP contribution in [0, 0.1) is 0 Å². The summed E-state index contributed by atoms with van der Waals surface area (Å²) in [6, 6.07) is 8.48. The van der Waals surface area contributed by atoms with Gasteiger partial charge in [-0.05, 0) is 44.2 Å². The average Bonchev–Trinajstić information content (AvgIpc) is 3.29. The highest BCUT2D eigenvalue weighted by molar-refractivity contribution is 6.02. The Morgan fingerprint density at radius 1 is 0.912 bits per heavy atom. The maximum absolute atomic E-state index is 13.1. The van der Waals surface area contributed by atoms with Crippen LogP contribution in [0.2, 0.25) is 0 Å². The highest BCUT2D eigenvalue weighted by Gasteiger charge is 2.25. The standard InChI is InChI=1S/C29H43N3O2/c1-3-4-5-6-7-8-9-10-11-12-13-14-15-19-22-26(27(33)28-30-23-24-32(28)2)31-29(34)25-20-17-16-18-21-25/h10-11,16-18,20-21,23-24,26H,3-9,12-15,19,22H2,1-2H3,(H,31,34)/b11-10+. The fourth-order valence-corrected chi connectivity index (χ4v) is 4.10. The second-order valence-electron chi connectivity index (χ2n) is 9.14. The number of allylic oxidation sites excluding steroid dienone is 2. The van der Waals surface area contributed by atoms with Crippen LogP contribution in [-0.2, 0) is 7.05 Å². The molecule has 0 saturated carbocycles. The van der Waals surface area contributed by atoms with E-state index in [0.29, 0.717) is 17.8 Å². The lowest BCUT2D eigenvalue weighted by Crippen LogP contribution is -2.41. The normalized spacial score (nSPS) is 12.2. The first-order valence-electron chi connectivity index (χ1n) is 13.2. The quantitative estimate of drug-likeness (QED) is 0.146. The lowest BCUT2D eigenvalue weighted by Gasteiger charge is -2.17. The molecule has 186 valence electrons. The number of nitrogens with one attached hydrogen (secondary N) is 1. The zero-order valence-corrected chi connectivity index (χ0v) is 21.2. The van der Waals surface area contributed by atoms with E-state index in [9.17, 15) is 9.59 Å². The van der Waals surface area contributed by atoms with E-state index < -0.39 is 6.04 Å². The Kier molecular flexibility index (Phi) is 13.7. The Hall–Kier alpha value is -2.69. The summed E-state index contributed by atoms with van der Waals surface area (Å²) in [5.74, 6) is 0.0342. The summed E-state index contributed by atoms with van der Waals surface area (Å²) in [7, 11) is 1.80. The van der Waals surface area contributed by atoms with Crippen molar-refractivity contribution >= 4 is 11.7 Å². The number of carbonyl (C=O) groups is 2. The predicted molar refractivity (Wildman–Crippen MR) is 140 cm³/mol. The molecule has 1 atom stereocenters. The Labute approximate surface area is 206 Å². The number of benzene rings is 1. The summed E-state index contributed by atoms with van der Waals surface area (Å²) in [4.78, 5) is 29.9. The fraction of sp³-hybridized carbons (Fsp3) is 0.552. The van der Waals surface area contributed by atoms with Gasteiger partial charge >= 0.3 is 0 Å². The largest absolute Gasteiger partial charge is 0.342 e. The minimum absolute atomic E-state index is 0.130. The molecule has 2 aromatic rings. The lowest BCUT2D eigenvalue weighted by atomic mass is 10.0. The van der Waals surface area contributed by atoms with E-state index in [1.165, 1.54) is 51.4 Å². The van der Waals surface area contributed by atoms with E-state index in [1.54, 1.807) is 36.1 Å². The van der Waals surface area contributed by atoms with Crippen LogP contribution in [0.25, 0.3) is 0 Å². The summed E-state index contributed by atoms with van der Waals surface area (Å²) in [5.41, 5.74) is 0.563. The van der Waals surface area contributed by atoms with Gasteiger partial charge in [0.2, 0.25) is 5.78 Å². The number of hydrogen-bond acceptors (Lipinski definition) is 3. The molecule has 0 spiro atoms. The molecule has 1 heterocycles. The topological polar surface area (TPSA) is 64.0 Å². The van der Waals surface area contributed by atoms with E-state index in [-0.39, 0.29) is 11.7 Å². The summed E-state index contributed by atoms with van der Waals surface area (Å²) < 4.78 is 1.71. The molecule has 0 radical (unpaired) electrons. The number of nitrogens with zero attached hydrogens (tertiary/aromatic N) is 2. The molecule has 0 fully saturated rings. The summed E-state index contributed by atoms with van der Waals surface area (Å²) in [5, 5.41) is 2.94. The van der Waals surface area contributed by atoms with Crippen molar-refractivity contribution in [1.82, 2.24) is 14.9 Å². The van der Waals surface area contributed by atoms with Crippen molar-refractivity contribution in [3.05, 3.63) is 66.3 Å². The molecule has 0 aliphatic heterocycles. The molecule has 5 nitrogen and oxygen atoms in total. The van der Waals surface area contributed by atoms with Gasteiger partial charge < -0.3 is 9.88 Å². The van der Waals surface area contributed by atoms with Gasteiger partial charge in [-0.25, -0.2) is 4.98 Å². The Bertz CT molecular complexity index is 857. The number of ketones is 1. The minimum Gasteiger partial charge on any atom is -0.342 e. The number of imidazole rings is 1. The number of amides is 1. The number of carbonyl (C=O) groups excluding carboxylic acids is 2. The molecule has 0 saturated heterocycles. The number of hydrogen-bond donors (Lipinski definition) is 1. The van der Waals surface area contributed by atoms with Crippen molar-refractivity contribution < 1.29 is 9.59 Å². The lowest BCUT2D eigenvalue weighted by molar-refractivity contribution is 0.0843. The van der Waals surface area contributed by atoms with Gasteiger partial charge in [-0.1, -0.05) is 88.6 Å². The number of aromatic nitrogens is 2. The van der Waals surface area contributed by atoms with E-state index in [2.05, 4.69) is 29.4 Å². The Morgan fingerprint density at radius 3 is 2.15 bits per heavy atom. The minimum atomic E-state index is -0.564.